The summed E-state index contributed by atoms with van der Waals surface area (Å²) in [6, 6.07) is 11.8. The van der Waals surface area contributed by atoms with E-state index in [9.17, 15) is 0 Å². The summed E-state index contributed by atoms with van der Waals surface area (Å²) in [7, 11) is 0. The Kier molecular flexibility index (Phi) is 5.92. The van der Waals surface area contributed by atoms with Gasteiger partial charge in [-0.15, -0.1) is 0 Å². The minimum Gasteiger partial charge on any atom is -0.492 e. The van der Waals surface area contributed by atoms with Gasteiger partial charge in [0.1, 0.15) is 5.75 Å². The Bertz CT molecular complexity index is 614. The van der Waals surface area contributed by atoms with E-state index < -0.39 is 0 Å². The Morgan fingerprint density at radius 1 is 1.00 bits per heavy atom. The molecule has 0 aliphatic carbocycles. The fourth-order valence-electron chi connectivity index (χ4n) is 2.20. The van der Waals surface area contributed by atoms with E-state index in [0.717, 1.165) is 24.2 Å². The third-order valence-corrected chi connectivity index (χ3v) is 3.80. The number of hydrogen-bond acceptors (Lipinski definition) is 2. The lowest BCUT2D eigenvalue weighted by Crippen LogP contribution is -2.12. The van der Waals surface area contributed by atoms with E-state index in [4.69, 9.17) is 27.9 Å². The average Bonchev–Trinajstić information content (AvgIpc) is 2.49. The minimum atomic E-state index is 0.562. The van der Waals surface area contributed by atoms with Gasteiger partial charge in [-0.2, -0.15) is 0 Å². The summed E-state index contributed by atoms with van der Waals surface area (Å²) in [5.74, 6) is 0.622. The Balaban J connectivity index is 2.44. The summed E-state index contributed by atoms with van der Waals surface area (Å²) < 4.78 is 5.47. The van der Waals surface area contributed by atoms with Gasteiger partial charge in [0.05, 0.1) is 16.7 Å². The molecule has 2 aromatic rings. The standard InChI is InChI=1S/C17H19Cl2NO/c1-3-20-11-12-7-5-6-8-13(12)14-9-16(19)17(21-4-2)10-15(14)18/h5-10,20H,3-4,11H2,1-2H3. The molecule has 0 aromatic heterocycles. The topological polar surface area (TPSA) is 21.3 Å². The molecular weight excluding hydrogens is 305 g/mol. The van der Waals surface area contributed by atoms with Crippen LogP contribution in [0.3, 0.4) is 0 Å². The van der Waals surface area contributed by atoms with Crippen LogP contribution in [0.15, 0.2) is 36.4 Å². The summed E-state index contributed by atoms with van der Waals surface area (Å²) in [6.07, 6.45) is 0. The van der Waals surface area contributed by atoms with Crippen LogP contribution in [-0.2, 0) is 6.54 Å². The molecule has 0 unspecified atom stereocenters. The van der Waals surface area contributed by atoms with Crippen molar-refractivity contribution in [1.82, 2.24) is 5.32 Å². The maximum absolute atomic E-state index is 6.42. The van der Waals surface area contributed by atoms with Crippen LogP contribution in [0.5, 0.6) is 5.75 Å². The highest BCUT2D eigenvalue weighted by Crippen LogP contribution is 2.38. The zero-order valence-corrected chi connectivity index (χ0v) is 13.8. The van der Waals surface area contributed by atoms with Crippen molar-refractivity contribution in [3.63, 3.8) is 0 Å². The quantitative estimate of drug-likeness (QED) is 0.791. The van der Waals surface area contributed by atoms with Crippen molar-refractivity contribution in [1.29, 1.82) is 0 Å². The molecule has 0 spiro atoms. The van der Waals surface area contributed by atoms with Crippen LogP contribution >= 0.6 is 23.2 Å². The maximum Gasteiger partial charge on any atom is 0.139 e. The predicted octanol–water partition coefficient (Wildman–Crippen LogP) is 5.17. The van der Waals surface area contributed by atoms with Crippen LogP contribution in [0.1, 0.15) is 19.4 Å². The Morgan fingerprint density at radius 3 is 2.48 bits per heavy atom. The second kappa shape index (κ2) is 7.69. The third kappa shape index (κ3) is 3.91. The Hall–Kier alpha value is -1.22. The van der Waals surface area contributed by atoms with Gasteiger partial charge in [-0.1, -0.05) is 54.4 Å². The van der Waals surface area contributed by atoms with Crippen molar-refractivity contribution >= 4 is 23.2 Å². The van der Waals surface area contributed by atoms with Crippen molar-refractivity contribution < 1.29 is 4.74 Å². The number of hydrogen-bond donors (Lipinski definition) is 1. The molecular formula is C17H19Cl2NO. The molecule has 0 atom stereocenters. The molecule has 0 saturated heterocycles. The second-order valence-corrected chi connectivity index (χ2v) is 5.45. The summed E-state index contributed by atoms with van der Waals surface area (Å²) in [5.41, 5.74) is 3.22. The molecule has 2 aromatic carbocycles. The molecule has 0 aliphatic rings. The SMILES string of the molecule is CCNCc1ccccc1-c1cc(Cl)c(OCC)cc1Cl. The molecule has 0 bridgehead atoms. The molecule has 0 aliphatic heterocycles. The lowest BCUT2D eigenvalue weighted by atomic mass is 9.99. The van der Waals surface area contributed by atoms with Crippen LogP contribution in [-0.4, -0.2) is 13.2 Å². The van der Waals surface area contributed by atoms with E-state index in [-0.39, 0.29) is 0 Å². The van der Waals surface area contributed by atoms with Crippen molar-refractivity contribution in [2.45, 2.75) is 20.4 Å². The number of benzene rings is 2. The van der Waals surface area contributed by atoms with Gasteiger partial charge >= 0.3 is 0 Å². The zero-order chi connectivity index (χ0) is 15.2. The van der Waals surface area contributed by atoms with Gasteiger partial charge in [-0.25, -0.2) is 0 Å². The largest absolute Gasteiger partial charge is 0.492 e. The molecule has 4 heteroatoms. The van der Waals surface area contributed by atoms with E-state index in [2.05, 4.69) is 24.4 Å². The molecule has 21 heavy (non-hydrogen) atoms. The number of rotatable bonds is 6. The Morgan fingerprint density at radius 2 is 1.76 bits per heavy atom. The van der Waals surface area contributed by atoms with Crippen molar-refractivity contribution in [3.8, 4) is 16.9 Å². The second-order valence-electron chi connectivity index (χ2n) is 4.63. The van der Waals surface area contributed by atoms with Gasteiger partial charge in [0, 0.05) is 18.2 Å². The molecule has 1 N–H and O–H groups in total. The lowest BCUT2D eigenvalue weighted by molar-refractivity contribution is 0.340. The lowest BCUT2D eigenvalue weighted by Gasteiger charge is -2.14. The molecule has 0 radical (unpaired) electrons. The van der Waals surface area contributed by atoms with Crippen LogP contribution in [0.4, 0.5) is 0 Å². The number of halogens is 2. The first-order chi connectivity index (χ1) is 10.2. The smallest absolute Gasteiger partial charge is 0.139 e. The van der Waals surface area contributed by atoms with Gasteiger partial charge in [-0.05, 0) is 30.7 Å². The van der Waals surface area contributed by atoms with E-state index >= 15 is 0 Å². The van der Waals surface area contributed by atoms with Gasteiger partial charge in [0.25, 0.3) is 0 Å². The molecule has 0 amide bonds. The minimum absolute atomic E-state index is 0.562. The highest BCUT2D eigenvalue weighted by molar-refractivity contribution is 6.36. The van der Waals surface area contributed by atoms with Crippen LogP contribution < -0.4 is 10.1 Å². The van der Waals surface area contributed by atoms with E-state index in [1.807, 2.05) is 25.1 Å². The summed E-state index contributed by atoms with van der Waals surface area (Å²) in [6.45, 7) is 6.29. The van der Waals surface area contributed by atoms with Crippen molar-refractivity contribution in [3.05, 3.63) is 52.0 Å². The molecule has 112 valence electrons. The van der Waals surface area contributed by atoms with Crippen LogP contribution in [0.25, 0.3) is 11.1 Å². The van der Waals surface area contributed by atoms with Gasteiger partial charge in [0.2, 0.25) is 0 Å². The number of nitrogens with one attached hydrogen (secondary N) is 1. The maximum atomic E-state index is 6.42. The monoisotopic (exact) mass is 323 g/mol. The molecule has 2 rings (SSSR count). The first-order valence-corrected chi connectivity index (χ1v) is 7.83. The first-order valence-electron chi connectivity index (χ1n) is 7.08. The number of ether oxygens (including phenoxy) is 1. The highest BCUT2D eigenvalue weighted by Gasteiger charge is 2.12. The van der Waals surface area contributed by atoms with Gasteiger partial charge in [-0.3, -0.25) is 0 Å². The van der Waals surface area contributed by atoms with E-state index in [1.54, 1.807) is 6.07 Å². The van der Waals surface area contributed by atoms with Gasteiger partial charge < -0.3 is 10.1 Å². The third-order valence-electron chi connectivity index (χ3n) is 3.19. The molecule has 0 saturated carbocycles. The van der Waals surface area contributed by atoms with Crippen LogP contribution in [0.2, 0.25) is 10.0 Å². The molecule has 0 fully saturated rings. The zero-order valence-electron chi connectivity index (χ0n) is 12.2. The summed E-state index contributed by atoms with van der Waals surface area (Å²) in [5, 5.41) is 4.56. The van der Waals surface area contributed by atoms with Crippen LogP contribution in [0, 0.1) is 0 Å². The first kappa shape index (κ1) is 16.2. The fraction of sp³-hybridized carbons (Fsp3) is 0.294. The van der Waals surface area contributed by atoms with Crippen molar-refractivity contribution in [2.75, 3.05) is 13.2 Å². The summed E-state index contributed by atoms with van der Waals surface area (Å²) in [4.78, 5) is 0. The Labute approximate surface area is 136 Å². The van der Waals surface area contributed by atoms with E-state index in [0.29, 0.717) is 22.4 Å². The normalized spacial score (nSPS) is 10.7. The summed E-state index contributed by atoms with van der Waals surface area (Å²) >= 11 is 12.7. The molecule has 0 heterocycles. The predicted molar refractivity (Wildman–Crippen MR) is 90.4 cm³/mol. The van der Waals surface area contributed by atoms with Gasteiger partial charge in [0.15, 0.2) is 0 Å². The fourth-order valence-corrected chi connectivity index (χ4v) is 2.67. The average molecular weight is 324 g/mol. The molecule has 2 nitrogen and oxygen atoms in total. The van der Waals surface area contributed by atoms with E-state index in [1.165, 1.54) is 5.56 Å². The highest BCUT2D eigenvalue weighted by atomic mass is 35.5. The van der Waals surface area contributed by atoms with Crippen molar-refractivity contribution in [2.24, 2.45) is 0 Å².